The normalized spacial score (nSPS) is 19.7. The van der Waals surface area contributed by atoms with E-state index in [1.165, 1.54) is 16.7 Å². The third kappa shape index (κ3) is 2.74. The molecule has 1 saturated heterocycles. The second-order valence-corrected chi connectivity index (χ2v) is 7.08. The predicted octanol–water partition coefficient (Wildman–Crippen LogP) is 1.44. The number of aromatic nitrogens is 2. The Balaban J connectivity index is 2.30. The molecule has 0 aromatic carbocycles. The van der Waals surface area contributed by atoms with Crippen LogP contribution in [0.2, 0.25) is 0 Å². The summed E-state index contributed by atoms with van der Waals surface area (Å²) < 4.78 is 3.84. The molecule has 1 fully saturated rings. The van der Waals surface area contributed by atoms with E-state index in [4.69, 9.17) is 5.11 Å². The van der Waals surface area contributed by atoms with Gasteiger partial charge in [-0.05, 0) is 11.5 Å². The van der Waals surface area contributed by atoms with Gasteiger partial charge in [0, 0.05) is 11.2 Å². The highest BCUT2D eigenvalue weighted by Gasteiger charge is 2.38. The lowest BCUT2D eigenvalue weighted by Gasteiger charge is -2.22. The zero-order valence-electron chi connectivity index (χ0n) is 10.9. The number of rotatable bonds is 2. The van der Waals surface area contributed by atoms with Crippen molar-refractivity contribution in [2.45, 2.75) is 32.2 Å². The van der Waals surface area contributed by atoms with Crippen LogP contribution in [0, 0.1) is 0 Å². The van der Waals surface area contributed by atoms with E-state index in [-0.39, 0.29) is 11.3 Å². The van der Waals surface area contributed by atoms with Crippen LogP contribution in [0.4, 0.5) is 0 Å². The average Bonchev–Trinajstić information content (AvgIpc) is 2.96. The number of carboxylic acid groups (broad SMARTS) is 1. The van der Waals surface area contributed by atoms with Gasteiger partial charge in [-0.2, -0.15) is 0 Å². The summed E-state index contributed by atoms with van der Waals surface area (Å²) in [5.74, 6) is -0.416. The highest BCUT2D eigenvalue weighted by Crippen LogP contribution is 2.30. The number of carbonyl (C=O) groups excluding carboxylic acids is 1. The fourth-order valence-corrected chi connectivity index (χ4v) is 3.78. The fourth-order valence-electron chi connectivity index (χ4n) is 1.80. The molecule has 0 bridgehead atoms. The summed E-state index contributed by atoms with van der Waals surface area (Å²) >= 11 is 2.48. The van der Waals surface area contributed by atoms with Gasteiger partial charge in [-0.1, -0.05) is 25.3 Å². The molecule has 0 radical (unpaired) electrons. The number of thioether (sulfide) groups is 1. The Labute approximate surface area is 119 Å². The lowest BCUT2D eigenvalue weighted by molar-refractivity contribution is -0.140. The highest BCUT2D eigenvalue weighted by atomic mass is 32.2. The molecule has 2 heterocycles. The summed E-state index contributed by atoms with van der Waals surface area (Å²) in [7, 11) is 0. The molecule has 1 atom stereocenters. The summed E-state index contributed by atoms with van der Waals surface area (Å²) in [5.41, 5.74) is 0.340. The maximum atomic E-state index is 12.5. The minimum Gasteiger partial charge on any atom is -0.480 e. The molecule has 1 aliphatic heterocycles. The van der Waals surface area contributed by atoms with Gasteiger partial charge in [-0.3, -0.25) is 4.79 Å². The van der Waals surface area contributed by atoms with Crippen molar-refractivity contribution in [2.75, 3.05) is 11.6 Å². The van der Waals surface area contributed by atoms with E-state index in [0.717, 1.165) is 11.5 Å². The molecule has 1 aliphatic rings. The van der Waals surface area contributed by atoms with Crippen molar-refractivity contribution in [2.24, 2.45) is 0 Å². The van der Waals surface area contributed by atoms with Crippen LogP contribution < -0.4 is 0 Å². The van der Waals surface area contributed by atoms with Crippen molar-refractivity contribution in [3.63, 3.8) is 0 Å². The summed E-state index contributed by atoms with van der Waals surface area (Å²) in [6.45, 7) is 5.86. The Bertz CT molecular complexity index is 510. The molecule has 0 aliphatic carbocycles. The number of hydrogen-bond acceptors (Lipinski definition) is 6. The third-order valence-corrected chi connectivity index (χ3v) is 4.55. The van der Waals surface area contributed by atoms with E-state index < -0.39 is 12.0 Å². The van der Waals surface area contributed by atoms with Gasteiger partial charge in [0.1, 0.15) is 10.9 Å². The number of hydrogen-bond donors (Lipinski definition) is 1. The molecule has 1 aromatic rings. The smallest absolute Gasteiger partial charge is 0.327 e. The van der Waals surface area contributed by atoms with Gasteiger partial charge in [0.2, 0.25) is 0 Å². The highest BCUT2D eigenvalue weighted by molar-refractivity contribution is 7.99. The molecular weight excluding hydrogens is 286 g/mol. The molecule has 6 nitrogen and oxygen atoms in total. The maximum Gasteiger partial charge on any atom is 0.327 e. The third-order valence-electron chi connectivity index (χ3n) is 2.82. The first kappa shape index (κ1) is 14.3. The van der Waals surface area contributed by atoms with Crippen LogP contribution in [0.3, 0.4) is 0 Å². The average molecular weight is 301 g/mol. The predicted molar refractivity (Wildman–Crippen MR) is 73.5 cm³/mol. The number of carboxylic acids is 1. The molecule has 0 saturated carbocycles. The van der Waals surface area contributed by atoms with E-state index in [1.54, 1.807) is 0 Å². The van der Waals surface area contributed by atoms with Gasteiger partial charge in [-0.15, -0.1) is 16.9 Å². The summed E-state index contributed by atoms with van der Waals surface area (Å²) in [6.07, 6.45) is 0. The Morgan fingerprint density at radius 3 is 2.68 bits per heavy atom. The minimum absolute atomic E-state index is 0.280. The SMILES string of the molecule is CC(C)(C)c1nnsc1C(=O)N1CSC[C@H]1C(=O)O. The quantitative estimate of drug-likeness (QED) is 0.890. The van der Waals surface area contributed by atoms with Crippen molar-refractivity contribution >= 4 is 35.2 Å². The molecule has 19 heavy (non-hydrogen) atoms. The Morgan fingerprint density at radius 2 is 2.11 bits per heavy atom. The van der Waals surface area contributed by atoms with E-state index in [1.807, 2.05) is 20.8 Å². The Kier molecular flexibility index (Phi) is 3.82. The molecule has 1 aromatic heterocycles. The van der Waals surface area contributed by atoms with Crippen LogP contribution in [-0.2, 0) is 10.2 Å². The van der Waals surface area contributed by atoms with Crippen LogP contribution in [0.25, 0.3) is 0 Å². The summed E-state index contributed by atoms with van der Waals surface area (Å²) in [5, 5.41) is 13.1. The van der Waals surface area contributed by atoms with Gasteiger partial charge < -0.3 is 10.0 Å². The first-order chi connectivity index (χ1) is 8.82. The van der Waals surface area contributed by atoms with Crippen molar-refractivity contribution in [1.29, 1.82) is 0 Å². The van der Waals surface area contributed by atoms with Crippen molar-refractivity contribution in [1.82, 2.24) is 14.5 Å². The van der Waals surface area contributed by atoms with E-state index >= 15 is 0 Å². The largest absolute Gasteiger partial charge is 0.480 e. The van der Waals surface area contributed by atoms with Crippen molar-refractivity contribution in [3.8, 4) is 0 Å². The molecular formula is C11H15N3O3S2. The van der Waals surface area contributed by atoms with Gasteiger partial charge in [0.05, 0.1) is 11.6 Å². The number of amides is 1. The molecule has 8 heteroatoms. The lowest BCUT2D eigenvalue weighted by Crippen LogP contribution is -2.42. The van der Waals surface area contributed by atoms with Crippen LogP contribution in [0.15, 0.2) is 0 Å². The molecule has 0 unspecified atom stereocenters. The fraction of sp³-hybridized carbons (Fsp3) is 0.636. The van der Waals surface area contributed by atoms with Crippen molar-refractivity contribution in [3.05, 3.63) is 10.6 Å². The Morgan fingerprint density at radius 1 is 1.42 bits per heavy atom. The first-order valence-electron chi connectivity index (χ1n) is 5.76. The van der Waals surface area contributed by atoms with E-state index in [2.05, 4.69) is 9.59 Å². The molecule has 1 amide bonds. The van der Waals surface area contributed by atoms with Gasteiger partial charge >= 0.3 is 5.97 Å². The van der Waals surface area contributed by atoms with Gasteiger partial charge in [-0.25, -0.2) is 4.79 Å². The minimum atomic E-state index is -0.965. The first-order valence-corrected chi connectivity index (χ1v) is 7.69. The standard InChI is InChI=1S/C11H15N3O3S2/c1-11(2,3)8-7(19-13-12-8)9(15)14-5-18-4-6(14)10(16)17/h6H,4-5H2,1-3H3,(H,16,17)/t6-/m0/s1. The van der Waals surface area contributed by atoms with Crippen LogP contribution in [0.5, 0.6) is 0 Å². The zero-order chi connectivity index (χ0) is 14.2. The lowest BCUT2D eigenvalue weighted by atomic mass is 9.91. The topological polar surface area (TPSA) is 83.4 Å². The van der Waals surface area contributed by atoms with Crippen LogP contribution in [-0.4, -0.2) is 49.1 Å². The van der Waals surface area contributed by atoms with Gasteiger partial charge in [0.25, 0.3) is 5.91 Å². The molecule has 2 rings (SSSR count). The summed E-state index contributed by atoms with van der Waals surface area (Å²) in [6, 6.07) is -0.757. The van der Waals surface area contributed by atoms with Crippen molar-refractivity contribution < 1.29 is 14.7 Å². The molecule has 1 N–H and O–H groups in total. The monoisotopic (exact) mass is 301 g/mol. The maximum absolute atomic E-state index is 12.5. The zero-order valence-corrected chi connectivity index (χ0v) is 12.5. The van der Waals surface area contributed by atoms with E-state index in [9.17, 15) is 9.59 Å². The van der Waals surface area contributed by atoms with E-state index in [0.29, 0.717) is 22.2 Å². The second-order valence-electron chi connectivity index (χ2n) is 5.33. The molecule has 104 valence electrons. The van der Waals surface area contributed by atoms with Crippen LogP contribution in [0.1, 0.15) is 36.1 Å². The number of aliphatic carboxylic acids is 1. The van der Waals surface area contributed by atoms with Gasteiger partial charge in [0.15, 0.2) is 0 Å². The Hall–Kier alpha value is -1.15. The number of nitrogens with zero attached hydrogens (tertiary/aromatic N) is 3. The second kappa shape index (κ2) is 5.09. The summed E-state index contributed by atoms with van der Waals surface area (Å²) in [4.78, 5) is 25.4. The number of carbonyl (C=O) groups is 2. The molecule has 0 spiro atoms. The van der Waals surface area contributed by atoms with Crippen LogP contribution >= 0.6 is 23.3 Å².